The molecule has 1 aliphatic heterocycles. The molecule has 0 spiro atoms. The number of guanidine groups is 1. The van der Waals surface area contributed by atoms with Crippen LogP contribution in [0, 0.1) is 5.82 Å². The van der Waals surface area contributed by atoms with Crippen molar-refractivity contribution in [3.8, 4) is 23.0 Å². The van der Waals surface area contributed by atoms with Crippen LogP contribution in [0.3, 0.4) is 0 Å². The number of ether oxygens (including phenoxy) is 3. The lowest BCUT2D eigenvalue weighted by atomic mass is 10.1. The molecule has 10 heteroatoms. The van der Waals surface area contributed by atoms with E-state index in [2.05, 4.69) is 20.1 Å². The smallest absolute Gasteiger partial charge is 0.203 e. The lowest BCUT2D eigenvalue weighted by molar-refractivity contribution is 0.172. The van der Waals surface area contributed by atoms with E-state index in [4.69, 9.17) is 14.2 Å². The third-order valence-electron chi connectivity index (χ3n) is 5.48. The van der Waals surface area contributed by atoms with E-state index in [1.807, 2.05) is 12.1 Å². The number of nitrogens with one attached hydrogen (secondary N) is 1. The van der Waals surface area contributed by atoms with Crippen LogP contribution in [-0.2, 0) is 13.1 Å². The molecular weight excluding hydrogens is 542 g/mol. The minimum Gasteiger partial charge on any atom is -0.505 e. The lowest BCUT2D eigenvalue weighted by Crippen LogP contribution is -2.52. The van der Waals surface area contributed by atoms with Gasteiger partial charge in [-0.15, -0.1) is 24.0 Å². The largest absolute Gasteiger partial charge is 0.505 e. The molecule has 33 heavy (non-hydrogen) atoms. The van der Waals surface area contributed by atoms with Gasteiger partial charge in [-0.2, -0.15) is 0 Å². The van der Waals surface area contributed by atoms with Gasteiger partial charge in [-0.05, 0) is 35.4 Å². The Balaban J connectivity index is 0.00000385. The van der Waals surface area contributed by atoms with Crippen molar-refractivity contribution in [2.24, 2.45) is 4.99 Å². The van der Waals surface area contributed by atoms with Gasteiger partial charge in [0.25, 0.3) is 0 Å². The Morgan fingerprint density at radius 3 is 2.15 bits per heavy atom. The Morgan fingerprint density at radius 1 is 1.00 bits per heavy atom. The number of rotatable bonds is 7. The Kier molecular flexibility index (Phi) is 10.3. The van der Waals surface area contributed by atoms with Crippen molar-refractivity contribution in [2.45, 2.75) is 13.1 Å². The highest BCUT2D eigenvalue weighted by molar-refractivity contribution is 14.0. The van der Waals surface area contributed by atoms with Crippen LogP contribution in [-0.4, -0.2) is 75.4 Å². The summed E-state index contributed by atoms with van der Waals surface area (Å²) in [6.45, 7) is 4.55. The van der Waals surface area contributed by atoms with Crippen LogP contribution in [0.5, 0.6) is 23.0 Å². The molecular formula is C23H32FIN4O4. The Labute approximate surface area is 211 Å². The summed E-state index contributed by atoms with van der Waals surface area (Å²) in [5.41, 5.74) is 1.83. The topological polar surface area (TPSA) is 78.8 Å². The van der Waals surface area contributed by atoms with E-state index in [-0.39, 0.29) is 29.7 Å². The first-order valence-electron chi connectivity index (χ1n) is 10.4. The van der Waals surface area contributed by atoms with Gasteiger partial charge in [-0.25, -0.2) is 4.39 Å². The zero-order valence-electron chi connectivity index (χ0n) is 19.4. The first-order chi connectivity index (χ1) is 15.5. The highest BCUT2D eigenvalue weighted by Gasteiger charge is 2.21. The maximum absolute atomic E-state index is 13.6. The van der Waals surface area contributed by atoms with Gasteiger partial charge in [0.1, 0.15) is 0 Å². The average Bonchev–Trinajstić information content (AvgIpc) is 2.81. The SMILES string of the molecule is CN=C(NCc1ccc(O)c(F)c1)N1CCN(Cc2cc(OC)c(OC)c(OC)c2)CC1.I. The number of halogens is 2. The monoisotopic (exact) mass is 574 g/mol. The first kappa shape index (κ1) is 26.8. The number of aromatic hydroxyl groups is 1. The summed E-state index contributed by atoms with van der Waals surface area (Å²) in [5, 5.41) is 12.6. The van der Waals surface area contributed by atoms with Crippen molar-refractivity contribution in [2.75, 3.05) is 54.6 Å². The van der Waals surface area contributed by atoms with Gasteiger partial charge < -0.3 is 29.5 Å². The lowest BCUT2D eigenvalue weighted by Gasteiger charge is -2.36. The van der Waals surface area contributed by atoms with Crippen molar-refractivity contribution >= 4 is 29.9 Å². The fourth-order valence-electron chi connectivity index (χ4n) is 3.78. The highest BCUT2D eigenvalue weighted by atomic mass is 127. The van der Waals surface area contributed by atoms with E-state index in [0.717, 1.165) is 49.8 Å². The minimum absolute atomic E-state index is 0. The van der Waals surface area contributed by atoms with Gasteiger partial charge in [0.2, 0.25) is 5.75 Å². The van der Waals surface area contributed by atoms with Crippen molar-refractivity contribution in [1.29, 1.82) is 0 Å². The fraction of sp³-hybridized carbons (Fsp3) is 0.435. The molecule has 0 bridgehead atoms. The molecule has 2 N–H and O–H groups in total. The second-order valence-electron chi connectivity index (χ2n) is 7.48. The summed E-state index contributed by atoms with van der Waals surface area (Å²) < 4.78 is 29.9. The van der Waals surface area contributed by atoms with Crippen molar-refractivity contribution in [3.63, 3.8) is 0 Å². The molecule has 2 aromatic rings. The highest BCUT2D eigenvalue weighted by Crippen LogP contribution is 2.38. The van der Waals surface area contributed by atoms with Crippen LogP contribution in [0.4, 0.5) is 4.39 Å². The van der Waals surface area contributed by atoms with Gasteiger partial charge >= 0.3 is 0 Å². The number of methoxy groups -OCH3 is 3. The van der Waals surface area contributed by atoms with Crippen LogP contribution < -0.4 is 19.5 Å². The number of piperazine rings is 1. The van der Waals surface area contributed by atoms with E-state index in [1.54, 1.807) is 34.4 Å². The zero-order valence-corrected chi connectivity index (χ0v) is 21.8. The van der Waals surface area contributed by atoms with E-state index in [9.17, 15) is 9.50 Å². The molecule has 8 nitrogen and oxygen atoms in total. The predicted octanol–water partition coefficient (Wildman–Crippen LogP) is 3.07. The van der Waals surface area contributed by atoms with Crippen LogP contribution in [0.1, 0.15) is 11.1 Å². The zero-order chi connectivity index (χ0) is 23.1. The predicted molar refractivity (Wildman–Crippen MR) is 137 cm³/mol. The van der Waals surface area contributed by atoms with E-state index < -0.39 is 5.82 Å². The number of phenolic OH excluding ortho intramolecular Hbond substituents is 1. The Bertz CT molecular complexity index is 927. The van der Waals surface area contributed by atoms with E-state index in [1.165, 1.54) is 12.1 Å². The summed E-state index contributed by atoms with van der Waals surface area (Å²) in [7, 11) is 6.57. The third-order valence-corrected chi connectivity index (χ3v) is 5.48. The first-order valence-corrected chi connectivity index (χ1v) is 10.4. The molecule has 1 heterocycles. The molecule has 182 valence electrons. The fourth-order valence-corrected chi connectivity index (χ4v) is 3.78. The molecule has 1 saturated heterocycles. The van der Waals surface area contributed by atoms with Crippen LogP contribution in [0.15, 0.2) is 35.3 Å². The van der Waals surface area contributed by atoms with Crippen LogP contribution in [0.25, 0.3) is 0 Å². The van der Waals surface area contributed by atoms with Crippen molar-refractivity contribution in [3.05, 3.63) is 47.3 Å². The number of nitrogens with zero attached hydrogens (tertiary/aromatic N) is 3. The minimum atomic E-state index is -0.625. The van der Waals surface area contributed by atoms with E-state index >= 15 is 0 Å². The summed E-state index contributed by atoms with van der Waals surface area (Å²) >= 11 is 0. The second kappa shape index (κ2) is 12.7. The molecule has 0 amide bonds. The van der Waals surface area contributed by atoms with Gasteiger partial charge in [0, 0.05) is 46.3 Å². The second-order valence-corrected chi connectivity index (χ2v) is 7.48. The molecule has 0 unspecified atom stereocenters. The molecule has 0 radical (unpaired) electrons. The number of hydrogen-bond donors (Lipinski definition) is 2. The third kappa shape index (κ3) is 6.76. The van der Waals surface area contributed by atoms with Gasteiger partial charge in [-0.1, -0.05) is 6.07 Å². The molecule has 0 saturated carbocycles. The quantitative estimate of drug-likeness (QED) is 0.299. The number of hydrogen-bond acceptors (Lipinski definition) is 6. The molecule has 1 aliphatic rings. The summed E-state index contributed by atoms with van der Waals surface area (Å²) in [5.74, 6) is 1.69. The summed E-state index contributed by atoms with van der Waals surface area (Å²) in [4.78, 5) is 8.91. The average molecular weight is 574 g/mol. The van der Waals surface area contributed by atoms with Gasteiger partial charge in [0.05, 0.1) is 21.3 Å². The standard InChI is InChI=1S/C23H31FN4O4.HI/c1-25-23(26-14-16-5-6-19(29)18(24)11-16)28-9-7-27(8-10-28)15-17-12-20(30-2)22(32-4)21(13-17)31-3;/h5-6,11-13,29H,7-10,14-15H2,1-4H3,(H,25,26);1H. The molecule has 0 aliphatic carbocycles. The molecule has 0 atom stereocenters. The number of benzene rings is 2. The molecule has 2 aromatic carbocycles. The van der Waals surface area contributed by atoms with Crippen molar-refractivity contribution < 1.29 is 23.7 Å². The number of aliphatic imine (C=N–C) groups is 1. The van der Waals surface area contributed by atoms with Gasteiger partial charge in [0.15, 0.2) is 29.0 Å². The van der Waals surface area contributed by atoms with Crippen LogP contribution in [0.2, 0.25) is 0 Å². The van der Waals surface area contributed by atoms with E-state index in [0.29, 0.717) is 23.8 Å². The summed E-state index contributed by atoms with van der Waals surface area (Å²) in [6.07, 6.45) is 0. The number of phenols is 1. The maximum atomic E-state index is 13.6. The normalized spacial score (nSPS) is 14.5. The van der Waals surface area contributed by atoms with Crippen molar-refractivity contribution in [1.82, 2.24) is 15.1 Å². The molecule has 0 aromatic heterocycles. The maximum Gasteiger partial charge on any atom is 0.203 e. The molecule has 1 fully saturated rings. The Hall–Kier alpha value is -2.47. The Morgan fingerprint density at radius 2 is 1.64 bits per heavy atom. The molecule has 3 rings (SSSR count). The summed E-state index contributed by atoms with van der Waals surface area (Å²) in [6, 6.07) is 8.33. The van der Waals surface area contributed by atoms with Gasteiger partial charge in [-0.3, -0.25) is 9.89 Å². The van der Waals surface area contributed by atoms with Crippen LogP contribution >= 0.6 is 24.0 Å².